The molecular weight excluding hydrogens is 917 g/mol. The molecule has 0 unspecified atom stereocenters. The highest BCUT2D eigenvalue weighted by Crippen LogP contribution is 2.60. The first-order chi connectivity index (χ1) is 36.8. The summed E-state index contributed by atoms with van der Waals surface area (Å²) in [6.07, 6.45) is 0. The van der Waals surface area contributed by atoms with Gasteiger partial charge in [0.2, 0.25) is 0 Å². The van der Waals surface area contributed by atoms with Gasteiger partial charge in [0.1, 0.15) is 0 Å². The fourth-order valence-electron chi connectivity index (χ4n) is 15.1. The normalized spacial score (nSPS) is 16.3. The highest BCUT2D eigenvalue weighted by molar-refractivity contribution is 6.24. The lowest BCUT2D eigenvalue weighted by molar-refractivity contribution is 0.632. The Morgan fingerprint density at radius 3 is 0.882 bits per heavy atom. The minimum absolute atomic E-state index is 0.179. The standard InChI is InChI=1S/C74H60N2/c1-71(2)59-31-13-17-35-63(59)75(64-36-18-14-32-60(64)71)45-39-41-49-55(43-45)67(53-27-21-25-51-47-23-9-11-29-57(47)73(5,6)69(51)53)50-42-40-46(76-65-37-19-15-33-61(65)72(3,4)62-34-16-20-38-66(62)76)44-56(50)68(49)54-28-22-26-52-48-24-10-12-30-58(48)74(7,8)70(52)54/h9-44H,1-8H3. The molecule has 0 spiro atoms. The monoisotopic (exact) mass is 976 g/mol. The Morgan fingerprint density at radius 2 is 0.526 bits per heavy atom. The summed E-state index contributed by atoms with van der Waals surface area (Å²) in [5.74, 6) is 0. The van der Waals surface area contributed by atoms with Crippen LogP contribution in [0.4, 0.5) is 34.1 Å². The van der Waals surface area contributed by atoms with Crippen molar-refractivity contribution in [2.45, 2.75) is 77.0 Å². The molecule has 76 heavy (non-hydrogen) atoms. The highest BCUT2D eigenvalue weighted by atomic mass is 15.2. The predicted octanol–water partition coefficient (Wildman–Crippen LogP) is 20.2. The van der Waals surface area contributed by atoms with E-state index < -0.39 is 0 Å². The Hall–Kier alpha value is -8.46. The maximum Gasteiger partial charge on any atom is 0.0502 e. The van der Waals surface area contributed by atoms with Crippen LogP contribution in [-0.4, -0.2) is 0 Å². The summed E-state index contributed by atoms with van der Waals surface area (Å²) in [4.78, 5) is 5.07. The molecule has 2 aliphatic carbocycles. The Kier molecular flexibility index (Phi) is 9.21. The lowest BCUT2D eigenvalue weighted by Gasteiger charge is -2.42. The number of nitrogens with zero attached hydrogens (tertiary/aromatic N) is 2. The average Bonchev–Trinajstić information content (AvgIpc) is 3.83. The number of benzene rings is 11. The van der Waals surface area contributed by atoms with Gasteiger partial charge in [0.25, 0.3) is 0 Å². The second kappa shape index (κ2) is 15.6. The largest absolute Gasteiger partial charge is 0.310 e. The fraction of sp³-hybridized carbons (Fsp3) is 0.162. The third kappa shape index (κ3) is 5.88. The van der Waals surface area contributed by atoms with E-state index >= 15 is 0 Å². The molecule has 2 heterocycles. The molecular formula is C74H60N2. The lowest BCUT2D eigenvalue weighted by Crippen LogP contribution is -2.30. The van der Waals surface area contributed by atoms with Crippen LogP contribution in [0.3, 0.4) is 0 Å². The molecule has 11 aromatic carbocycles. The summed E-state index contributed by atoms with van der Waals surface area (Å²) >= 11 is 0. The zero-order valence-corrected chi connectivity index (χ0v) is 44.7. The van der Waals surface area contributed by atoms with Crippen LogP contribution in [0, 0.1) is 0 Å². The Morgan fingerprint density at radius 1 is 0.237 bits per heavy atom. The molecule has 2 nitrogen and oxygen atoms in total. The lowest BCUT2D eigenvalue weighted by atomic mass is 9.73. The zero-order chi connectivity index (χ0) is 51.6. The van der Waals surface area contributed by atoms with Crippen LogP contribution < -0.4 is 9.80 Å². The van der Waals surface area contributed by atoms with Crippen molar-refractivity contribution >= 4 is 55.7 Å². The molecule has 0 radical (unpaired) electrons. The van der Waals surface area contributed by atoms with Crippen molar-refractivity contribution in [2.24, 2.45) is 0 Å². The van der Waals surface area contributed by atoms with Gasteiger partial charge in [0.05, 0.1) is 22.7 Å². The number of hydrogen-bond acceptors (Lipinski definition) is 2. The van der Waals surface area contributed by atoms with Crippen molar-refractivity contribution in [3.8, 4) is 44.5 Å². The molecule has 0 aromatic heterocycles. The van der Waals surface area contributed by atoms with Crippen LogP contribution in [-0.2, 0) is 21.7 Å². The van der Waals surface area contributed by atoms with Gasteiger partial charge in [0, 0.05) is 33.0 Å². The summed E-state index contributed by atoms with van der Waals surface area (Å²) < 4.78 is 0. The maximum absolute atomic E-state index is 2.55. The van der Waals surface area contributed by atoms with E-state index in [0.717, 1.165) is 11.4 Å². The summed E-state index contributed by atoms with van der Waals surface area (Å²) in [6.45, 7) is 19.3. The molecule has 366 valence electrons. The quantitative estimate of drug-likeness (QED) is 0.162. The summed E-state index contributed by atoms with van der Waals surface area (Å²) in [7, 11) is 0. The third-order valence-electron chi connectivity index (χ3n) is 18.6. The topological polar surface area (TPSA) is 6.48 Å². The van der Waals surface area contributed by atoms with Crippen molar-refractivity contribution in [1.82, 2.24) is 0 Å². The van der Waals surface area contributed by atoms with Crippen molar-refractivity contribution in [1.29, 1.82) is 0 Å². The molecule has 0 saturated heterocycles. The van der Waals surface area contributed by atoms with Gasteiger partial charge in [-0.25, -0.2) is 0 Å². The van der Waals surface area contributed by atoms with Crippen LogP contribution in [0.2, 0.25) is 0 Å². The zero-order valence-electron chi connectivity index (χ0n) is 44.7. The Balaban J connectivity index is 1.11. The third-order valence-corrected chi connectivity index (χ3v) is 18.6. The van der Waals surface area contributed by atoms with Gasteiger partial charge in [-0.05, 0) is 159 Å². The molecule has 4 aliphatic rings. The first kappa shape index (κ1) is 45.0. The minimum Gasteiger partial charge on any atom is -0.310 e. The molecule has 0 atom stereocenters. The van der Waals surface area contributed by atoms with Crippen LogP contribution >= 0.6 is 0 Å². The van der Waals surface area contributed by atoms with Crippen LogP contribution in [0.25, 0.3) is 66.1 Å². The van der Waals surface area contributed by atoms with E-state index in [1.807, 2.05) is 0 Å². The molecule has 0 amide bonds. The number of fused-ring (bicyclic) bond motifs is 12. The van der Waals surface area contributed by atoms with E-state index in [1.165, 1.54) is 133 Å². The summed E-state index contributed by atoms with van der Waals surface area (Å²) in [5, 5.41) is 4.98. The molecule has 0 saturated carbocycles. The van der Waals surface area contributed by atoms with Crippen LogP contribution in [0.5, 0.6) is 0 Å². The second-order valence-electron chi connectivity index (χ2n) is 24.0. The van der Waals surface area contributed by atoms with Crippen LogP contribution in [0.1, 0.15) is 99.9 Å². The van der Waals surface area contributed by atoms with Gasteiger partial charge in [-0.2, -0.15) is 0 Å². The predicted molar refractivity (Wildman–Crippen MR) is 321 cm³/mol. The fourth-order valence-corrected chi connectivity index (χ4v) is 15.1. The van der Waals surface area contributed by atoms with Crippen molar-refractivity contribution in [3.05, 3.63) is 263 Å². The minimum atomic E-state index is -0.252. The van der Waals surface area contributed by atoms with Crippen LogP contribution in [0.15, 0.2) is 218 Å². The van der Waals surface area contributed by atoms with E-state index in [0.29, 0.717) is 0 Å². The molecule has 11 aromatic rings. The smallest absolute Gasteiger partial charge is 0.0502 e. The van der Waals surface area contributed by atoms with E-state index in [1.54, 1.807) is 0 Å². The number of anilines is 6. The molecule has 0 N–H and O–H groups in total. The summed E-state index contributed by atoms with van der Waals surface area (Å²) in [6, 6.07) is 83.5. The van der Waals surface area contributed by atoms with Crippen molar-refractivity contribution in [2.75, 3.05) is 9.80 Å². The van der Waals surface area contributed by atoms with Gasteiger partial charge < -0.3 is 9.80 Å². The molecule has 2 heteroatoms. The maximum atomic E-state index is 2.55. The van der Waals surface area contributed by atoms with Gasteiger partial charge >= 0.3 is 0 Å². The number of hydrogen-bond donors (Lipinski definition) is 0. The Labute approximate surface area is 447 Å². The van der Waals surface area contributed by atoms with E-state index in [4.69, 9.17) is 0 Å². The summed E-state index contributed by atoms with van der Waals surface area (Å²) in [5.41, 5.74) is 27.6. The van der Waals surface area contributed by atoms with E-state index in [9.17, 15) is 0 Å². The van der Waals surface area contributed by atoms with Crippen molar-refractivity contribution in [3.63, 3.8) is 0 Å². The second-order valence-corrected chi connectivity index (χ2v) is 24.0. The Bertz CT molecular complexity index is 3940. The first-order valence-electron chi connectivity index (χ1n) is 27.3. The van der Waals surface area contributed by atoms with Gasteiger partial charge in [-0.15, -0.1) is 0 Å². The molecule has 2 aliphatic heterocycles. The molecule has 15 rings (SSSR count). The van der Waals surface area contributed by atoms with E-state index in [-0.39, 0.29) is 21.7 Å². The molecule has 0 fully saturated rings. The van der Waals surface area contributed by atoms with E-state index in [2.05, 4.69) is 284 Å². The first-order valence-corrected chi connectivity index (χ1v) is 27.3. The SMILES string of the molecule is CC1(C)c2ccccc2N(c2ccc3c(-c4cccc5c4C(C)(C)c4ccccc4-5)c4cc(N5c6ccccc6C(C)(C)c6ccccc65)ccc4c(-c4cccc5c4C(C)(C)c4ccccc4-5)c3c2)c2ccccc21. The van der Waals surface area contributed by atoms with Gasteiger partial charge in [0.15, 0.2) is 0 Å². The highest BCUT2D eigenvalue weighted by Gasteiger charge is 2.42. The molecule has 0 bridgehead atoms. The average molecular weight is 977 g/mol. The van der Waals surface area contributed by atoms with Crippen molar-refractivity contribution < 1.29 is 0 Å². The van der Waals surface area contributed by atoms with Gasteiger partial charge in [-0.3, -0.25) is 0 Å². The number of rotatable bonds is 4. The number of para-hydroxylation sites is 4. The van der Waals surface area contributed by atoms with Gasteiger partial charge in [-0.1, -0.05) is 225 Å².